The number of amides is 1. The van der Waals surface area contributed by atoms with Crippen LogP contribution in [0.1, 0.15) is 36.3 Å². The van der Waals surface area contributed by atoms with E-state index < -0.39 is 0 Å². The first kappa shape index (κ1) is 24.7. The number of allylic oxidation sites excluding steroid dienone is 4. The van der Waals surface area contributed by atoms with Crippen molar-refractivity contribution in [2.45, 2.75) is 20.3 Å². The van der Waals surface area contributed by atoms with Gasteiger partial charge in [-0.2, -0.15) is 10.1 Å². The fourth-order valence-electron chi connectivity index (χ4n) is 3.19. The van der Waals surface area contributed by atoms with Gasteiger partial charge in [-0.3, -0.25) is 4.79 Å². The number of ether oxygens (including phenoxy) is 2. The van der Waals surface area contributed by atoms with Crippen LogP contribution in [0.2, 0.25) is 0 Å². The minimum atomic E-state index is -0.135. The zero-order valence-corrected chi connectivity index (χ0v) is 20.5. The van der Waals surface area contributed by atoms with Gasteiger partial charge in [-0.1, -0.05) is 35.3 Å². The standard InChI is InChI=1S/C24H29BN6O3/c1-15(7-8-17(3)19-13-27-24(34-6)28-22(19)33-5)16(2)9-10-30(4)23(32)20-11-21-26-12-18(25)14-31(21)29-20/h7-8,11-14H,3,9-10,25H2,1-2,4-6H3/b8-7-,16-15+. The normalized spacial score (nSPS) is 12.0. The van der Waals surface area contributed by atoms with Crippen LogP contribution in [0.5, 0.6) is 11.9 Å². The first-order chi connectivity index (χ1) is 16.2. The zero-order valence-electron chi connectivity index (χ0n) is 20.5. The molecule has 34 heavy (non-hydrogen) atoms. The molecular formula is C24H29BN6O3. The van der Waals surface area contributed by atoms with Crippen molar-refractivity contribution in [3.8, 4) is 11.9 Å². The fraction of sp³-hybridized carbons (Fsp3) is 0.292. The minimum Gasteiger partial charge on any atom is -0.480 e. The van der Waals surface area contributed by atoms with Crippen molar-refractivity contribution < 1.29 is 14.3 Å². The summed E-state index contributed by atoms with van der Waals surface area (Å²) < 4.78 is 12.0. The second kappa shape index (κ2) is 10.8. The van der Waals surface area contributed by atoms with E-state index in [0.717, 1.165) is 28.6 Å². The summed E-state index contributed by atoms with van der Waals surface area (Å²) in [4.78, 5) is 27.1. The molecule has 0 unspecified atom stereocenters. The van der Waals surface area contributed by atoms with Crippen molar-refractivity contribution in [3.05, 3.63) is 65.8 Å². The van der Waals surface area contributed by atoms with E-state index in [0.29, 0.717) is 29.3 Å². The first-order valence-electron chi connectivity index (χ1n) is 10.8. The third kappa shape index (κ3) is 5.69. The van der Waals surface area contributed by atoms with Crippen LogP contribution in [-0.4, -0.2) is 71.0 Å². The molecule has 3 rings (SSSR count). The van der Waals surface area contributed by atoms with Gasteiger partial charge in [-0.25, -0.2) is 14.5 Å². The summed E-state index contributed by atoms with van der Waals surface area (Å²) in [6, 6.07) is 1.94. The molecule has 0 fully saturated rings. The second-order valence-electron chi connectivity index (χ2n) is 8.04. The predicted octanol–water partition coefficient (Wildman–Crippen LogP) is 1.86. The maximum absolute atomic E-state index is 12.8. The third-order valence-corrected chi connectivity index (χ3v) is 5.49. The molecule has 10 heteroatoms. The molecule has 0 aliphatic rings. The van der Waals surface area contributed by atoms with Crippen LogP contribution in [0.25, 0.3) is 11.2 Å². The number of nitrogens with zero attached hydrogens (tertiary/aromatic N) is 6. The van der Waals surface area contributed by atoms with Crippen LogP contribution < -0.4 is 14.9 Å². The van der Waals surface area contributed by atoms with E-state index in [4.69, 9.17) is 9.47 Å². The summed E-state index contributed by atoms with van der Waals surface area (Å²) >= 11 is 0. The highest BCUT2D eigenvalue weighted by atomic mass is 16.5. The fourth-order valence-corrected chi connectivity index (χ4v) is 3.19. The second-order valence-corrected chi connectivity index (χ2v) is 8.04. The Morgan fingerprint density at radius 3 is 2.68 bits per heavy atom. The number of carbonyl (C=O) groups excluding carboxylic acids is 1. The molecule has 0 N–H and O–H groups in total. The van der Waals surface area contributed by atoms with Crippen LogP contribution in [0.15, 0.2) is 54.5 Å². The minimum absolute atomic E-state index is 0.135. The molecule has 0 saturated heterocycles. The van der Waals surface area contributed by atoms with Crippen LogP contribution >= 0.6 is 0 Å². The monoisotopic (exact) mass is 460 g/mol. The molecule has 0 saturated carbocycles. The van der Waals surface area contributed by atoms with Gasteiger partial charge in [0, 0.05) is 38.2 Å². The Kier molecular flexibility index (Phi) is 7.83. The van der Waals surface area contributed by atoms with E-state index >= 15 is 0 Å². The van der Waals surface area contributed by atoms with Gasteiger partial charge >= 0.3 is 6.01 Å². The van der Waals surface area contributed by atoms with Gasteiger partial charge < -0.3 is 14.4 Å². The molecule has 0 atom stereocenters. The Balaban J connectivity index is 1.63. The average Bonchev–Trinajstić information content (AvgIpc) is 3.27. The highest BCUT2D eigenvalue weighted by Crippen LogP contribution is 2.25. The maximum atomic E-state index is 12.8. The highest BCUT2D eigenvalue weighted by Gasteiger charge is 2.16. The lowest BCUT2D eigenvalue weighted by molar-refractivity contribution is 0.0790. The van der Waals surface area contributed by atoms with Gasteiger partial charge in [0.25, 0.3) is 5.91 Å². The van der Waals surface area contributed by atoms with Crippen molar-refractivity contribution in [3.63, 3.8) is 0 Å². The molecule has 0 aliphatic carbocycles. The topological polar surface area (TPSA) is 94.7 Å². The van der Waals surface area contributed by atoms with E-state index in [1.807, 2.05) is 33.1 Å². The highest BCUT2D eigenvalue weighted by molar-refractivity contribution is 6.31. The summed E-state index contributed by atoms with van der Waals surface area (Å²) in [5.41, 5.74) is 5.66. The van der Waals surface area contributed by atoms with E-state index in [-0.39, 0.29) is 11.9 Å². The van der Waals surface area contributed by atoms with Crippen molar-refractivity contribution in [2.24, 2.45) is 0 Å². The third-order valence-electron chi connectivity index (χ3n) is 5.49. The van der Waals surface area contributed by atoms with E-state index in [9.17, 15) is 4.79 Å². The lowest BCUT2D eigenvalue weighted by atomic mass is 10.0. The number of hydrogen-bond donors (Lipinski definition) is 0. The molecule has 0 aliphatic heterocycles. The van der Waals surface area contributed by atoms with Gasteiger partial charge in [0.05, 0.1) is 19.8 Å². The van der Waals surface area contributed by atoms with Gasteiger partial charge in [0.1, 0.15) is 7.85 Å². The maximum Gasteiger partial charge on any atom is 0.319 e. The Morgan fingerprint density at radius 2 is 1.97 bits per heavy atom. The number of aromatic nitrogens is 5. The number of carbonyl (C=O) groups is 1. The molecule has 0 aromatic carbocycles. The number of rotatable bonds is 9. The Bertz CT molecular complexity index is 1280. The smallest absolute Gasteiger partial charge is 0.319 e. The molecule has 0 radical (unpaired) electrons. The summed E-state index contributed by atoms with van der Waals surface area (Å²) in [5.74, 6) is 0.265. The SMILES string of the molecule is Bc1cnc2cc(C(=O)N(C)CC/C(C)=C(C)/C=C\C(=C)c3cnc(OC)nc3OC)nn2c1. The molecule has 9 nitrogen and oxygen atoms in total. The molecule has 3 heterocycles. The lowest BCUT2D eigenvalue weighted by Gasteiger charge is -2.16. The summed E-state index contributed by atoms with van der Waals surface area (Å²) in [6.45, 7) is 8.74. The quantitative estimate of drug-likeness (QED) is 0.355. The summed E-state index contributed by atoms with van der Waals surface area (Å²) in [6.07, 6.45) is 9.84. The number of fused-ring (bicyclic) bond motifs is 1. The lowest BCUT2D eigenvalue weighted by Crippen LogP contribution is -2.28. The van der Waals surface area contributed by atoms with Crippen LogP contribution in [0.3, 0.4) is 0 Å². The van der Waals surface area contributed by atoms with Crippen molar-refractivity contribution in [1.82, 2.24) is 29.5 Å². The van der Waals surface area contributed by atoms with E-state index in [1.54, 1.807) is 42.0 Å². The molecule has 3 aromatic rings. The molecule has 1 amide bonds. The molecule has 3 aromatic heterocycles. The van der Waals surface area contributed by atoms with Gasteiger partial charge in [0.2, 0.25) is 5.88 Å². The zero-order chi connectivity index (χ0) is 24.8. The number of hydrogen-bond acceptors (Lipinski definition) is 7. The predicted molar refractivity (Wildman–Crippen MR) is 134 cm³/mol. The molecule has 0 spiro atoms. The average molecular weight is 460 g/mol. The van der Waals surface area contributed by atoms with Crippen molar-refractivity contribution in [2.75, 3.05) is 27.8 Å². The summed E-state index contributed by atoms with van der Waals surface area (Å²) in [7, 11) is 6.76. The Hall–Kier alpha value is -3.95. The Morgan fingerprint density at radius 1 is 1.21 bits per heavy atom. The Labute approximate surface area is 200 Å². The van der Waals surface area contributed by atoms with Crippen LogP contribution in [0, 0.1) is 0 Å². The van der Waals surface area contributed by atoms with Crippen LogP contribution in [0.4, 0.5) is 0 Å². The van der Waals surface area contributed by atoms with E-state index in [1.165, 1.54) is 7.11 Å². The first-order valence-corrected chi connectivity index (χ1v) is 10.8. The largest absolute Gasteiger partial charge is 0.480 e. The van der Waals surface area contributed by atoms with Gasteiger partial charge in [-0.05, 0) is 25.8 Å². The van der Waals surface area contributed by atoms with Gasteiger partial charge in [0.15, 0.2) is 11.3 Å². The van der Waals surface area contributed by atoms with E-state index in [2.05, 4.69) is 33.6 Å². The van der Waals surface area contributed by atoms with Crippen molar-refractivity contribution >= 4 is 30.4 Å². The van der Waals surface area contributed by atoms with Crippen LogP contribution in [-0.2, 0) is 0 Å². The summed E-state index contributed by atoms with van der Waals surface area (Å²) in [5, 5.41) is 4.36. The van der Waals surface area contributed by atoms with Crippen molar-refractivity contribution in [1.29, 1.82) is 0 Å². The molecule has 0 bridgehead atoms. The molecular weight excluding hydrogens is 431 g/mol. The number of methoxy groups -OCH3 is 2. The molecule has 176 valence electrons. The van der Waals surface area contributed by atoms with Gasteiger partial charge in [-0.15, -0.1) is 0 Å².